The first-order valence-corrected chi connectivity index (χ1v) is 3.78. The summed E-state index contributed by atoms with van der Waals surface area (Å²) in [6, 6.07) is 0. The zero-order valence-electron chi connectivity index (χ0n) is 6.17. The Kier molecular flexibility index (Phi) is 2.47. The second kappa shape index (κ2) is 3.20. The number of carbonyl (C=O) groups is 1. The smallest absolute Gasteiger partial charge is 0.177 e. The number of ketones is 1. The molecule has 0 radical (unpaired) electrons. The van der Waals surface area contributed by atoms with Crippen molar-refractivity contribution in [2.75, 3.05) is 0 Å². The number of hydrogen-bond acceptors (Lipinski definition) is 2. The third-order valence-electron chi connectivity index (χ3n) is 1.58. The predicted molar refractivity (Wildman–Crippen MR) is 43.3 cm³/mol. The van der Waals surface area contributed by atoms with Gasteiger partial charge in [0.2, 0.25) is 0 Å². The molecule has 0 aliphatic heterocycles. The van der Waals surface area contributed by atoms with Gasteiger partial charge in [-0.3, -0.25) is 4.79 Å². The lowest BCUT2D eigenvalue weighted by Gasteiger charge is -1.99. The van der Waals surface area contributed by atoms with E-state index in [-0.39, 0.29) is 17.2 Å². The molecule has 3 heteroatoms. The van der Waals surface area contributed by atoms with Crippen molar-refractivity contribution in [2.45, 2.75) is 19.4 Å². The average Bonchev–Trinajstić information content (AvgIpc) is 2.17. The Hall–Kier alpha value is -0.600. The number of aliphatic hydroxyl groups excluding tert-OH is 1. The Morgan fingerprint density at radius 3 is 2.73 bits per heavy atom. The molecule has 1 rings (SSSR count). The molecular formula is C8H9ClO2. The zero-order chi connectivity index (χ0) is 8.43. The first-order valence-electron chi connectivity index (χ1n) is 3.40. The standard InChI is InChI=1S/C8H9ClO2/c1-2-3-5-6(10)4-7(11)8(5)9/h2-3,6,10H,4H2,1H3/b3-2+/t6-/m0/s1. The van der Waals surface area contributed by atoms with E-state index in [4.69, 9.17) is 11.6 Å². The molecule has 1 aliphatic rings. The lowest BCUT2D eigenvalue weighted by Crippen LogP contribution is -2.04. The summed E-state index contributed by atoms with van der Waals surface area (Å²) in [7, 11) is 0. The molecule has 0 unspecified atom stereocenters. The molecule has 0 aromatic heterocycles. The molecule has 0 saturated heterocycles. The van der Waals surface area contributed by atoms with Gasteiger partial charge in [-0.25, -0.2) is 0 Å². The van der Waals surface area contributed by atoms with Crippen molar-refractivity contribution in [3.05, 3.63) is 22.8 Å². The maximum absolute atomic E-state index is 10.9. The summed E-state index contributed by atoms with van der Waals surface area (Å²) in [6.07, 6.45) is 2.84. The molecule has 1 aliphatic carbocycles. The van der Waals surface area contributed by atoms with Gasteiger partial charge in [0.1, 0.15) is 0 Å². The largest absolute Gasteiger partial charge is 0.388 e. The first kappa shape index (κ1) is 8.50. The Morgan fingerprint density at radius 2 is 2.36 bits per heavy atom. The van der Waals surface area contributed by atoms with Crippen LogP contribution in [0.25, 0.3) is 0 Å². The number of halogens is 1. The highest BCUT2D eigenvalue weighted by Gasteiger charge is 2.27. The van der Waals surface area contributed by atoms with Crippen LogP contribution in [0, 0.1) is 0 Å². The molecule has 0 heterocycles. The second-order valence-electron chi connectivity index (χ2n) is 2.41. The van der Waals surface area contributed by atoms with Gasteiger partial charge in [-0.1, -0.05) is 23.8 Å². The van der Waals surface area contributed by atoms with Crippen molar-refractivity contribution in [1.82, 2.24) is 0 Å². The van der Waals surface area contributed by atoms with Crippen LogP contribution in [0.3, 0.4) is 0 Å². The molecule has 2 nitrogen and oxygen atoms in total. The molecule has 0 aromatic carbocycles. The molecule has 1 atom stereocenters. The molecule has 0 bridgehead atoms. The van der Waals surface area contributed by atoms with E-state index in [1.54, 1.807) is 12.2 Å². The number of Topliss-reactive ketones (excluding diaryl/α,β-unsaturated/α-hetero) is 1. The van der Waals surface area contributed by atoms with Crippen LogP contribution < -0.4 is 0 Å². The van der Waals surface area contributed by atoms with Crippen LogP contribution >= 0.6 is 11.6 Å². The third-order valence-corrected chi connectivity index (χ3v) is 2.01. The summed E-state index contributed by atoms with van der Waals surface area (Å²) in [6.45, 7) is 1.81. The molecular weight excluding hydrogens is 164 g/mol. The summed E-state index contributed by atoms with van der Waals surface area (Å²) in [5.41, 5.74) is 0.541. The van der Waals surface area contributed by atoms with Crippen molar-refractivity contribution in [3.8, 4) is 0 Å². The van der Waals surface area contributed by atoms with Crippen molar-refractivity contribution in [3.63, 3.8) is 0 Å². The Bertz CT molecular complexity index is 240. The van der Waals surface area contributed by atoms with Gasteiger partial charge in [0.25, 0.3) is 0 Å². The fourth-order valence-corrected chi connectivity index (χ4v) is 1.31. The van der Waals surface area contributed by atoms with Crippen LogP contribution in [0.1, 0.15) is 13.3 Å². The maximum Gasteiger partial charge on any atom is 0.177 e. The van der Waals surface area contributed by atoms with Gasteiger partial charge in [-0.05, 0) is 6.92 Å². The highest BCUT2D eigenvalue weighted by Crippen LogP contribution is 2.27. The van der Waals surface area contributed by atoms with Crippen LogP contribution in [0.4, 0.5) is 0 Å². The van der Waals surface area contributed by atoms with Crippen molar-refractivity contribution in [1.29, 1.82) is 0 Å². The van der Waals surface area contributed by atoms with E-state index >= 15 is 0 Å². The van der Waals surface area contributed by atoms with Crippen LogP contribution in [-0.2, 0) is 4.79 Å². The Morgan fingerprint density at radius 1 is 1.73 bits per heavy atom. The van der Waals surface area contributed by atoms with Crippen LogP contribution in [0.5, 0.6) is 0 Å². The van der Waals surface area contributed by atoms with E-state index in [1.807, 2.05) is 6.92 Å². The van der Waals surface area contributed by atoms with E-state index in [1.165, 1.54) is 0 Å². The number of aliphatic hydroxyl groups is 1. The maximum atomic E-state index is 10.9. The number of rotatable bonds is 1. The average molecular weight is 173 g/mol. The van der Waals surface area contributed by atoms with E-state index in [2.05, 4.69) is 0 Å². The number of hydrogen-bond donors (Lipinski definition) is 1. The summed E-state index contributed by atoms with van der Waals surface area (Å²) >= 11 is 5.62. The highest BCUT2D eigenvalue weighted by molar-refractivity contribution is 6.44. The lowest BCUT2D eigenvalue weighted by atomic mass is 10.2. The topological polar surface area (TPSA) is 37.3 Å². The van der Waals surface area contributed by atoms with Crippen LogP contribution in [0.15, 0.2) is 22.8 Å². The second-order valence-corrected chi connectivity index (χ2v) is 2.79. The molecule has 0 spiro atoms. The van der Waals surface area contributed by atoms with Gasteiger partial charge in [0.05, 0.1) is 11.1 Å². The Labute approximate surface area is 70.2 Å². The van der Waals surface area contributed by atoms with Crippen LogP contribution in [0.2, 0.25) is 0 Å². The molecule has 1 N–H and O–H groups in total. The number of carbonyl (C=O) groups excluding carboxylic acids is 1. The number of allylic oxidation sites excluding steroid dienone is 2. The molecule has 11 heavy (non-hydrogen) atoms. The van der Waals surface area contributed by atoms with Crippen LogP contribution in [-0.4, -0.2) is 17.0 Å². The van der Waals surface area contributed by atoms with E-state index < -0.39 is 6.10 Å². The summed E-state index contributed by atoms with van der Waals surface area (Å²) in [4.78, 5) is 10.9. The summed E-state index contributed by atoms with van der Waals surface area (Å²) in [5, 5.41) is 9.42. The quantitative estimate of drug-likeness (QED) is 0.649. The Balaban J connectivity index is 2.96. The fraction of sp³-hybridized carbons (Fsp3) is 0.375. The van der Waals surface area contributed by atoms with Gasteiger partial charge < -0.3 is 5.11 Å². The summed E-state index contributed by atoms with van der Waals surface area (Å²) in [5.74, 6) is -0.174. The van der Waals surface area contributed by atoms with E-state index in [9.17, 15) is 9.90 Å². The van der Waals surface area contributed by atoms with Crippen molar-refractivity contribution < 1.29 is 9.90 Å². The van der Waals surface area contributed by atoms with Gasteiger partial charge in [-0.2, -0.15) is 0 Å². The monoisotopic (exact) mass is 172 g/mol. The molecule has 60 valence electrons. The highest BCUT2D eigenvalue weighted by atomic mass is 35.5. The molecule has 0 amide bonds. The van der Waals surface area contributed by atoms with Gasteiger partial charge >= 0.3 is 0 Å². The van der Waals surface area contributed by atoms with Gasteiger partial charge in [0, 0.05) is 12.0 Å². The van der Waals surface area contributed by atoms with Gasteiger partial charge in [-0.15, -0.1) is 0 Å². The van der Waals surface area contributed by atoms with E-state index in [0.29, 0.717) is 5.57 Å². The summed E-state index contributed by atoms with van der Waals surface area (Å²) < 4.78 is 0. The first-order chi connectivity index (χ1) is 5.16. The fourth-order valence-electron chi connectivity index (χ4n) is 1.05. The van der Waals surface area contributed by atoms with E-state index in [0.717, 1.165) is 0 Å². The molecule has 0 saturated carbocycles. The van der Waals surface area contributed by atoms with Gasteiger partial charge in [0.15, 0.2) is 5.78 Å². The van der Waals surface area contributed by atoms with Crippen molar-refractivity contribution >= 4 is 17.4 Å². The lowest BCUT2D eigenvalue weighted by molar-refractivity contribution is -0.115. The predicted octanol–water partition coefficient (Wildman–Crippen LogP) is 1.39. The molecule has 0 fully saturated rings. The minimum atomic E-state index is -0.703. The zero-order valence-corrected chi connectivity index (χ0v) is 6.93. The minimum Gasteiger partial charge on any atom is -0.388 e. The normalized spacial score (nSPS) is 25.7. The van der Waals surface area contributed by atoms with Crippen molar-refractivity contribution in [2.24, 2.45) is 0 Å². The molecule has 0 aromatic rings. The minimum absolute atomic E-state index is 0.124. The third kappa shape index (κ3) is 1.52. The SMILES string of the molecule is C/C=C/C1=C(Cl)C(=O)C[C@@H]1O.